The SMILES string of the molecule is CC(CC(N)=NO)NC(=O)CCCc1cccs1. The molecule has 1 unspecified atom stereocenters. The van der Waals surface area contributed by atoms with Crippen molar-refractivity contribution >= 4 is 23.1 Å². The molecule has 1 aromatic rings. The average Bonchev–Trinajstić information content (AvgIpc) is 2.81. The molecule has 18 heavy (non-hydrogen) atoms. The van der Waals surface area contributed by atoms with Crippen LogP contribution >= 0.6 is 11.3 Å². The number of rotatable bonds is 7. The number of thiophene rings is 1. The normalized spacial score (nSPS) is 13.3. The van der Waals surface area contributed by atoms with Gasteiger partial charge in [0.2, 0.25) is 5.91 Å². The third kappa shape index (κ3) is 5.67. The lowest BCUT2D eigenvalue weighted by Crippen LogP contribution is -2.35. The van der Waals surface area contributed by atoms with Gasteiger partial charge in [-0.15, -0.1) is 11.3 Å². The molecular formula is C12H19N3O2S. The summed E-state index contributed by atoms with van der Waals surface area (Å²) >= 11 is 1.71. The van der Waals surface area contributed by atoms with Crippen LogP contribution in [0.4, 0.5) is 0 Å². The standard InChI is InChI=1S/C12H19N3O2S/c1-9(8-11(13)15-17)14-12(16)6-2-4-10-5-3-7-18-10/h3,5,7,9,17H,2,4,6,8H2,1H3,(H2,13,15)(H,14,16). The van der Waals surface area contributed by atoms with Gasteiger partial charge < -0.3 is 16.3 Å². The summed E-state index contributed by atoms with van der Waals surface area (Å²) < 4.78 is 0. The summed E-state index contributed by atoms with van der Waals surface area (Å²) in [6.45, 7) is 1.83. The van der Waals surface area contributed by atoms with E-state index in [1.54, 1.807) is 11.3 Å². The number of carbonyl (C=O) groups is 1. The number of nitrogens with zero attached hydrogens (tertiary/aromatic N) is 1. The highest BCUT2D eigenvalue weighted by molar-refractivity contribution is 7.09. The second-order valence-corrected chi connectivity index (χ2v) is 5.23. The Hall–Kier alpha value is -1.56. The van der Waals surface area contributed by atoms with Gasteiger partial charge in [0.05, 0.1) is 0 Å². The summed E-state index contributed by atoms with van der Waals surface area (Å²) in [4.78, 5) is 12.9. The predicted molar refractivity (Wildman–Crippen MR) is 72.9 cm³/mol. The molecule has 0 fully saturated rings. The zero-order valence-electron chi connectivity index (χ0n) is 10.4. The minimum atomic E-state index is -0.116. The van der Waals surface area contributed by atoms with Crippen molar-refractivity contribution < 1.29 is 10.0 Å². The summed E-state index contributed by atoms with van der Waals surface area (Å²) in [5.41, 5.74) is 5.36. The number of amidine groups is 1. The fourth-order valence-electron chi connectivity index (χ4n) is 1.63. The lowest BCUT2D eigenvalue weighted by atomic mass is 10.2. The topological polar surface area (TPSA) is 87.7 Å². The molecule has 0 aromatic carbocycles. The van der Waals surface area contributed by atoms with Crippen LogP contribution in [0.25, 0.3) is 0 Å². The van der Waals surface area contributed by atoms with Crippen molar-refractivity contribution in [1.29, 1.82) is 0 Å². The number of oxime groups is 1. The van der Waals surface area contributed by atoms with E-state index < -0.39 is 0 Å². The molecule has 1 atom stereocenters. The molecule has 4 N–H and O–H groups in total. The van der Waals surface area contributed by atoms with Gasteiger partial charge in [-0.25, -0.2) is 0 Å². The van der Waals surface area contributed by atoms with E-state index in [1.807, 2.05) is 18.4 Å². The van der Waals surface area contributed by atoms with Gasteiger partial charge in [-0.2, -0.15) is 0 Å². The Kier molecular flexibility index (Phi) is 6.21. The predicted octanol–water partition coefficient (Wildman–Crippen LogP) is 1.71. The highest BCUT2D eigenvalue weighted by atomic mass is 32.1. The number of hydrogen-bond donors (Lipinski definition) is 3. The summed E-state index contributed by atoms with van der Waals surface area (Å²) in [5.74, 6) is 0.131. The molecule has 0 aliphatic heterocycles. The van der Waals surface area contributed by atoms with Crippen LogP contribution in [0.1, 0.15) is 31.1 Å². The van der Waals surface area contributed by atoms with Gasteiger partial charge >= 0.3 is 0 Å². The third-order valence-electron chi connectivity index (χ3n) is 2.46. The quantitative estimate of drug-likeness (QED) is 0.305. The van der Waals surface area contributed by atoms with Crippen LogP contribution in [0.15, 0.2) is 22.7 Å². The molecular weight excluding hydrogens is 250 g/mol. The highest BCUT2D eigenvalue weighted by Gasteiger charge is 2.09. The van der Waals surface area contributed by atoms with Crippen LogP contribution in [0, 0.1) is 0 Å². The Bertz CT molecular complexity index is 390. The molecule has 1 amide bonds. The fraction of sp³-hybridized carbons (Fsp3) is 0.500. The van der Waals surface area contributed by atoms with Gasteiger partial charge in [-0.1, -0.05) is 11.2 Å². The minimum absolute atomic E-state index is 0.00444. The molecule has 1 aromatic heterocycles. The van der Waals surface area contributed by atoms with Crippen molar-refractivity contribution in [2.24, 2.45) is 10.9 Å². The van der Waals surface area contributed by atoms with E-state index in [2.05, 4.69) is 16.5 Å². The maximum atomic E-state index is 11.6. The number of nitrogens with two attached hydrogens (primary N) is 1. The van der Waals surface area contributed by atoms with E-state index in [0.29, 0.717) is 12.8 Å². The van der Waals surface area contributed by atoms with Crippen LogP contribution in [0.3, 0.4) is 0 Å². The highest BCUT2D eigenvalue weighted by Crippen LogP contribution is 2.11. The van der Waals surface area contributed by atoms with E-state index in [-0.39, 0.29) is 17.8 Å². The van der Waals surface area contributed by atoms with Crippen molar-refractivity contribution in [2.75, 3.05) is 0 Å². The van der Waals surface area contributed by atoms with E-state index in [0.717, 1.165) is 12.8 Å². The fourth-order valence-corrected chi connectivity index (χ4v) is 2.38. The number of carbonyl (C=O) groups excluding carboxylic acids is 1. The van der Waals surface area contributed by atoms with Crippen molar-refractivity contribution in [1.82, 2.24) is 5.32 Å². The van der Waals surface area contributed by atoms with Gasteiger partial charge in [0.15, 0.2) is 0 Å². The second-order valence-electron chi connectivity index (χ2n) is 4.20. The van der Waals surface area contributed by atoms with E-state index >= 15 is 0 Å². The van der Waals surface area contributed by atoms with Gasteiger partial charge in [0.25, 0.3) is 0 Å². The summed E-state index contributed by atoms with van der Waals surface area (Å²) in [7, 11) is 0. The largest absolute Gasteiger partial charge is 0.409 e. The molecule has 0 bridgehead atoms. The first-order valence-corrected chi connectivity index (χ1v) is 6.78. The lowest BCUT2D eigenvalue weighted by Gasteiger charge is -2.12. The van der Waals surface area contributed by atoms with E-state index in [1.165, 1.54) is 4.88 Å². The van der Waals surface area contributed by atoms with Crippen molar-refractivity contribution in [3.63, 3.8) is 0 Å². The molecule has 5 nitrogen and oxygen atoms in total. The summed E-state index contributed by atoms with van der Waals surface area (Å²) in [6.07, 6.45) is 2.62. The number of hydrogen-bond acceptors (Lipinski definition) is 4. The van der Waals surface area contributed by atoms with Crippen LogP contribution in [0.5, 0.6) is 0 Å². The molecule has 1 heterocycles. The Morgan fingerprint density at radius 1 is 1.67 bits per heavy atom. The van der Waals surface area contributed by atoms with Crippen LogP contribution < -0.4 is 11.1 Å². The maximum Gasteiger partial charge on any atom is 0.220 e. The van der Waals surface area contributed by atoms with Gasteiger partial charge in [-0.3, -0.25) is 4.79 Å². The molecule has 0 spiro atoms. The maximum absolute atomic E-state index is 11.6. The average molecular weight is 269 g/mol. The van der Waals surface area contributed by atoms with Gasteiger partial charge in [0.1, 0.15) is 5.84 Å². The van der Waals surface area contributed by atoms with E-state index in [4.69, 9.17) is 10.9 Å². The molecule has 1 rings (SSSR count). The minimum Gasteiger partial charge on any atom is -0.409 e. The smallest absolute Gasteiger partial charge is 0.220 e. The molecule has 0 aliphatic carbocycles. The Morgan fingerprint density at radius 3 is 3.06 bits per heavy atom. The summed E-state index contributed by atoms with van der Waals surface area (Å²) in [6, 6.07) is 3.97. The molecule has 100 valence electrons. The zero-order valence-corrected chi connectivity index (χ0v) is 11.2. The second kappa shape index (κ2) is 7.71. The molecule has 0 saturated heterocycles. The van der Waals surface area contributed by atoms with E-state index in [9.17, 15) is 4.79 Å². The van der Waals surface area contributed by atoms with Gasteiger partial charge in [-0.05, 0) is 31.2 Å². The number of amides is 1. The Balaban J connectivity index is 2.17. The Labute approximate surface area is 111 Å². The first-order valence-electron chi connectivity index (χ1n) is 5.90. The van der Waals surface area contributed by atoms with Crippen LogP contribution in [-0.4, -0.2) is 23.0 Å². The van der Waals surface area contributed by atoms with Crippen molar-refractivity contribution in [3.8, 4) is 0 Å². The number of aryl methyl sites for hydroxylation is 1. The summed E-state index contributed by atoms with van der Waals surface area (Å²) in [5, 5.41) is 16.1. The number of nitrogens with one attached hydrogen (secondary N) is 1. The molecule has 0 radical (unpaired) electrons. The third-order valence-corrected chi connectivity index (χ3v) is 3.39. The van der Waals surface area contributed by atoms with Crippen molar-refractivity contribution in [2.45, 2.75) is 38.6 Å². The zero-order chi connectivity index (χ0) is 13.4. The molecule has 6 heteroatoms. The van der Waals surface area contributed by atoms with Crippen LogP contribution in [0.2, 0.25) is 0 Å². The Morgan fingerprint density at radius 2 is 2.44 bits per heavy atom. The molecule has 0 saturated carbocycles. The first-order chi connectivity index (χ1) is 8.61. The van der Waals surface area contributed by atoms with Crippen LogP contribution in [-0.2, 0) is 11.2 Å². The molecule has 0 aliphatic rings. The monoisotopic (exact) mass is 269 g/mol. The van der Waals surface area contributed by atoms with Crippen molar-refractivity contribution in [3.05, 3.63) is 22.4 Å². The lowest BCUT2D eigenvalue weighted by molar-refractivity contribution is -0.121. The first kappa shape index (κ1) is 14.5. The van der Waals surface area contributed by atoms with Gasteiger partial charge in [0, 0.05) is 23.8 Å².